The van der Waals surface area contributed by atoms with E-state index in [0.29, 0.717) is 30.8 Å². The van der Waals surface area contributed by atoms with Crippen LogP contribution in [0.15, 0.2) is 85.1 Å². The molecule has 0 radical (unpaired) electrons. The largest absolute Gasteiger partial charge is 0.348 e. The van der Waals surface area contributed by atoms with Crippen molar-refractivity contribution in [2.24, 2.45) is 0 Å². The van der Waals surface area contributed by atoms with Crippen LogP contribution in [-0.4, -0.2) is 45.8 Å². The van der Waals surface area contributed by atoms with Gasteiger partial charge in [0.15, 0.2) is 0 Å². The molecule has 0 fully saturated rings. The van der Waals surface area contributed by atoms with E-state index >= 15 is 0 Å². The summed E-state index contributed by atoms with van der Waals surface area (Å²) >= 11 is 0. The molecule has 1 aliphatic rings. The minimum atomic E-state index is -0.535. The van der Waals surface area contributed by atoms with Gasteiger partial charge >= 0.3 is 0 Å². The van der Waals surface area contributed by atoms with Gasteiger partial charge in [0.1, 0.15) is 18.4 Å². The Morgan fingerprint density at radius 1 is 0.943 bits per heavy atom. The average molecular weight is 470 g/mol. The first-order valence-electron chi connectivity index (χ1n) is 12.0. The summed E-state index contributed by atoms with van der Waals surface area (Å²) in [6, 6.07) is 23.4. The van der Waals surface area contributed by atoms with Crippen molar-refractivity contribution in [2.75, 3.05) is 19.6 Å². The summed E-state index contributed by atoms with van der Waals surface area (Å²) in [5.74, 6) is -0.704. The highest BCUT2D eigenvalue weighted by Crippen LogP contribution is 2.34. The highest BCUT2D eigenvalue weighted by atomic mass is 19.1. The topological polar surface area (TPSA) is 45.6 Å². The molecular weight excluding hydrogens is 441 g/mol. The minimum Gasteiger partial charge on any atom is -0.348 e. The van der Waals surface area contributed by atoms with E-state index in [4.69, 9.17) is 0 Å². The number of rotatable bonds is 6. The third-order valence-electron chi connectivity index (χ3n) is 6.66. The van der Waals surface area contributed by atoms with Crippen LogP contribution in [0.5, 0.6) is 0 Å². The number of aromatic nitrogens is 1. The smallest absolute Gasteiger partial charge is 0.254 e. The van der Waals surface area contributed by atoms with Crippen LogP contribution in [0, 0.1) is 5.82 Å². The molecule has 2 heterocycles. The molecule has 5 rings (SSSR count). The fourth-order valence-electron chi connectivity index (χ4n) is 4.96. The molecule has 5 nitrogen and oxygen atoms in total. The van der Waals surface area contributed by atoms with Gasteiger partial charge in [-0.3, -0.25) is 9.59 Å². The van der Waals surface area contributed by atoms with Crippen molar-refractivity contribution in [2.45, 2.75) is 25.9 Å². The molecule has 178 valence electrons. The lowest BCUT2D eigenvalue weighted by Crippen LogP contribution is -2.48. The first-order chi connectivity index (χ1) is 17.1. The summed E-state index contributed by atoms with van der Waals surface area (Å²) in [4.78, 5) is 30.4. The number of halogens is 1. The maximum absolute atomic E-state index is 14.9. The second-order valence-corrected chi connectivity index (χ2v) is 8.93. The fourth-order valence-corrected chi connectivity index (χ4v) is 4.96. The summed E-state index contributed by atoms with van der Waals surface area (Å²) in [5.41, 5.74) is 1.89. The van der Waals surface area contributed by atoms with Gasteiger partial charge in [0.05, 0.1) is 0 Å². The van der Waals surface area contributed by atoms with E-state index in [1.807, 2.05) is 67.7 Å². The van der Waals surface area contributed by atoms with Gasteiger partial charge in [0.25, 0.3) is 5.91 Å². The van der Waals surface area contributed by atoms with Gasteiger partial charge in [-0.15, -0.1) is 0 Å². The lowest BCUT2D eigenvalue weighted by atomic mass is 9.99. The van der Waals surface area contributed by atoms with Crippen LogP contribution in [0.25, 0.3) is 10.8 Å². The molecule has 3 aromatic carbocycles. The molecule has 1 atom stereocenters. The quantitative estimate of drug-likeness (QED) is 0.387. The monoisotopic (exact) mass is 469 g/mol. The number of hydrogen-bond donors (Lipinski definition) is 0. The van der Waals surface area contributed by atoms with Crippen molar-refractivity contribution < 1.29 is 14.0 Å². The van der Waals surface area contributed by atoms with Gasteiger partial charge in [-0.05, 0) is 47.5 Å². The van der Waals surface area contributed by atoms with E-state index in [-0.39, 0.29) is 24.2 Å². The standard InChI is InChI=1S/C29H28FN3O2/c1-2-15-32(29(35)23-14-13-21-8-3-4-9-22(21)19-23)20-27(34)33-18-17-31-16-7-12-26(31)28(33)24-10-5-6-11-25(24)30/h3-14,16,19,28H,2,15,17-18,20H2,1H3/t28-/m1/s1. The molecule has 2 amide bonds. The maximum atomic E-state index is 14.9. The lowest BCUT2D eigenvalue weighted by Gasteiger charge is -2.38. The Labute approximate surface area is 204 Å². The molecule has 0 unspecified atom stereocenters. The molecule has 0 saturated carbocycles. The summed E-state index contributed by atoms with van der Waals surface area (Å²) in [6.07, 6.45) is 2.68. The second kappa shape index (κ2) is 9.74. The van der Waals surface area contributed by atoms with E-state index in [1.54, 1.807) is 28.0 Å². The number of amides is 2. The summed E-state index contributed by atoms with van der Waals surface area (Å²) < 4.78 is 16.9. The van der Waals surface area contributed by atoms with Crippen molar-refractivity contribution in [3.05, 3.63) is 108 Å². The number of carbonyl (C=O) groups excluding carboxylic acids is 2. The van der Waals surface area contributed by atoms with Gasteiger partial charge in [0.2, 0.25) is 5.91 Å². The SMILES string of the molecule is CCCN(CC(=O)N1CCn2cccc2[C@H]1c1ccccc1F)C(=O)c1ccc2ccccc2c1. The zero-order valence-electron chi connectivity index (χ0n) is 19.7. The predicted octanol–water partition coefficient (Wildman–Crippen LogP) is 5.26. The van der Waals surface area contributed by atoms with Crippen molar-refractivity contribution in [3.8, 4) is 0 Å². The number of hydrogen-bond acceptors (Lipinski definition) is 2. The molecule has 4 aromatic rings. The number of carbonyl (C=O) groups is 2. The molecule has 35 heavy (non-hydrogen) atoms. The fraction of sp³-hybridized carbons (Fsp3) is 0.241. The van der Waals surface area contributed by atoms with Gasteiger partial charge in [-0.2, -0.15) is 0 Å². The van der Waals surface area contributed by atoms with E-state index in [2.05, 4.69) is 4.57 Å². The van der Waals surface area contributed by atoms with E-state index < -0.39 is 6.04 Å². The van der Waals surface area contributed by atoms with Crippen LogP contribution < -0.4 is 0 Å². The number of fused-ring (bicyclic) bond motifs is 2. The molecule has 1 aromatic heterocycles. The van der Waals surface area contributed by atoms with Crippen molar-refractivity contribution in [1.82, 2.24) is 14.4 Å². The van der Waals surface area contributed by atoms with Crippen LogP contribution in [0.2, 0.25) is 0 Å². The Morgan fingerprint density at radius 3 is 2.51 bits per heavy atom. The summed E-state index contributed by atoms with van der Waals surface area (Å²) in [5, 5.41) is 2.05. The van der Waals surface area contributed by atoms with Crippen LogP contribution in [0.1, 0.15) is 41.0 Å². The Kier molecular flexibility index (Phi) is 6.36. The van der Waals surface area contributed by atoms with Crippen LogP contribution in [0.3, 0.4) is 0 Å². The highest BCUT2D eigenvalue weighted by Gasteiger charge is 2.34. The minimum absolute atomic E-state index is 0.0504. The van der Waals surface area contributed by atoms with Gasteiger partial charge in [-0.1, -0.05) is 55.5 Å². The lowest BCUT2D eigenvalue weighted by molar-refractivity contribution is -0.134. The highest BCUT2D eigenvalue weighted by molar-refractivity contribution is 6.00. The van der Waals surface area contributed by atoms with E-state index in [9.17, 15) is 14.0 Å². The Hall–Kier alpha value is -3.93. The normalized spacial score (nSPS) is 15.1. The summed E-state index contributed by atoms with van der Waals surface area (Å²) in [7, 11) is 0. The average Bonchev–Trinajstić information content (AvgIpc) is 3.36. The van der Waals surface area contributed by atoms with E-state index in [1.165, 1.54) is 6.07 Å². The number of nitrogens with zero attached hydrogens (tertiary/aromatic N) is 3. The van der Waals surface area contributed by atoms with Crippen LogP contribution in [-0.2, 0) is 11.3 Å². The maximum Gasteiger partial charge on any atom is 0.254 e. The predicted molar refractivity (Wildman–Crippen MR) is 135 cm³/mol. The molecule has 0 spiro atoms. The van der Waals surface area contributed by atoms with Crippen LogP contribution >= 0.6 is 0 Å². The molecule has 1 aliphatic heterocycles. The van der Waals surface area contributed by atoms with Crippen LogP contribution in [0.4, 0.5) is 4.39 Å². The zero-order valence-corrected chi connectivity index (χ0v) is 19.7. The van der Waals surface area contributed by atoms with Crippen molar-refractivity contribution in [3.63, 3.8) is 0 Å². The van der Waals surface area contributed by atoms with Gasteiger partial charge in [0, 0.05) is 42.7 Å². The van der Waals surface area contributed by atoms with Gasteiger partial charge < -0.3 is 14.4 Å². The Morgan fingerprint density at radius 2 is 1.71 bits per heavy atom. The Balaban J connectivity index is 1.43. The van der Waals surface area contributed by atoms with Gasteiger partial charge in [-0.25, -0.2) is 4.39 Å². The van der Waals surface area contributed by atoms with E-state index in [0.717, 1.165) is 22.9 Å². The first kappa shape index (κ1) is 22.8. The number of benzene rings is 3. The molecule has 0 bridgehead atoms. The molecular formula is C29H28FN3O2. The van der Waals surface area contributed by atoms with Crippen molar-refractivity contribution in [1.29, 1.82) is 0 Å². The first-order valence-corrected chi connectivity index (χ1v) is 12.0. The third kappa shape index (κ3) is 4.44. The molecule has 6 heteroatoms. The molecule has 0 aliphatic carbocycles. The summed E-state index contributed by atoms with van der Waals surface area (Å²) in [6.45, 7) is 3.48. The van der Waals surface area contributed by atoms with Crippen molar-refractivity contribution >= 4 is 22.6 Å². The molecule has 0 N–H and O–H groups in total. The zero-order chi connectivity index (χ0) is 24.4. The molecule has 0 saturated heterocycles. The Bertz CT molecular complexity index is 1380. The third-order valence-corrected chi connectivity index (χ3v) is 6.66. The second-order valence-electron chi connectivity index (χ2n) is 8.93.